The maximum absolute atomic E-state index is 9.64. The second kappa shape index (κ2) is 5.94. The van der Waals surface area contributed by atoms with Gasteiger partial charge in [-0.15, -0.1) is 0 Å². The quantitative estimate of drug-likeness (QED) is 0.600. The predicted molar refractivity (Wildman–Crippen MR) is 108 cm³/mol. The van der Waals surface area contributed by atoms with Crippen LogP contribution in [-0.4, -0.2) is 21.6 Å². The third-order valence-electron chi connectivity index (χ3n) is 5.60. The molecule has 0 atom stereocenters. The summed E-state index contributed by atoms with van der Waals surface area (Å²) in [5.41, 5.74) is 12.2. The van der Waals surface area contributed by atoms with Gasteiger partial charge < -0.3 is 16.2 Å². The number of aliphatic hydroxyl groups is 1. The van der Waals surface area contributed by atoms with Crippen molar-refractivity contribution in [1.29, 1.82) is 0 Å². The zero-order chi connectivity index (χ0) is 18.6. The van der Waals surface area contributed by atoms with Gasteiger partial charge in [-0.05, 0) is 42.7 Å². The van der Waals surface area contributed by atoms with Crippen molar-refractivity contribution < 1.29 is 5.11 Å². The van der Waals surface area contributed by atoms with Crippen LogP contribution in [0.15, 0.2) is 42.7 Å². The number of aliphatic hydroxyl groups excluding tert-OH is 1. The van der Waals surface area contributed by atoms with Crippen LogP contribution < -0.4 is 11.1 Å². The van der Waals surface area contributed by atoms with Gasteiger partial charge in [-0.25, -0.2) is 4.98 Å². The molecule has 0 unspecified atom stereocenters. The molecule has 1 saturated carbocycles. The fourth-order valence-corrected chi connectivity index (χ4v) is 4.45. The number of nitrogens with one attached hydrogen (secondary N) is 1. The van der Waals surface area contributed by atoms with Crippen LogP contribution in [0.5, 0.6) is 0 Å². The molecule has 0 amide bonds. The molecule has 1 fully saturated rings. The molecule has 1 aliphatic carbocycles. The van der Waals surface area contributed by atoms with Gasteiger partial charge in [0.2, 0.25) is 0 Å². The van der Waals surface area contributed by atoms with Crippen molar-refractivity contribution in [2.24, 2.45) is 0 Å². The Morgan fingerprint density at radius 3 is 2.78 bits per heavy atom. The van der Waals surface area contributed by atoms with E-state index >= 15 is 0 Å². The van der Waals surface area contributed by atoms with Crippen molar-refractivity contribution in [2.75, 3.05) is 17.6 Å². The van der Waals surface area contributed by atoms with Crippen molar-refractivity contribution in [3.05, 3.63) is 58.9 Å². The number of aromatic nitrogens is 2. The molecule has 2 aliphatic rings. The minimum Gasteiger partial charge on any atom is -0.399 e. The van der Waals surface area contributed by atoms with Crippen LogP contribution in [0.4, 0.5) is 11.5 Å². The highest BCUT2D eigenvalue weighted by molar-refractivity contribution is 6.34. The van der Waals surface area contributed by atoms with Crippen molar-refractivity contribution in [3.8, 4) is 22.4 Å². The SMILES string of the molecule is Nc1cc(-c2cnc3c(c2Cl)C2(CC2)CN3)cc(-c2ncccc2CO)c1. The van der Waals surface area contributed by atoms with Gasteiger partial charge in [0.25, 0.3) is 0 Å². The van der Waals surface area contributed by atoms with Crippen LogP contribution in [0.1, 0.15) is 24.0 Å². The number of fused-ring (bicyclic) bond motifs is 2. The topological polar surface area (TPSA) is 84.1 Å². The van der Waals surface area contributed by atoms with E-state index in [9.17, 15) is 5.11 Å². The van der Waals surface area contributed by atoms with E-state index in [0.29, 0.717) is 5.69 Å². The van der Waals surface area contributed by atoms with Gasteiger partial charge in [0, 0.05) is 52.3 Å². The van der Waals surface area contributed by atoms with Gasteiger partial charge >= 0.3 is 0 Å². The summed E-state index contributed by atoms with van der Waals surface area (Å²) in [6.07, 6.45) is 5.81. The fourth-order valence-electron chi connectivity index (χ4n) is 4.00. The van der Waals surface area contributed by atoms with Crippen LogP contribution in [-0.2, 0) is 12.0 Å². The number of hydrogen-bond acceptors (Lipinski definition) is 5. The molecule has 0 radical (unpaired) electrons. The van der Waals surface area contributed by atoms with Crippen LogP contribution in [0, 0.1) is 0 Å². The van der Waals surface area contributed by atoms with Gasteiger partial charge in [0.1, 0.15) is 5.82 Å². The van der Waals surface area contributed by atoms with Crippen molar-refractivity contribution in [2.45, 2.75) is 24.9 Å². The lowest BCUT2D eigenvalue weighted by molar-refractivity contribution is 0.282. The first-order valence-electron chi connectivity index (χ1n) is 9.00. The van der Waals surface area contributed by atoms with Crippen LogP contribution in [0.25, 0.3) is 22.4 Å². The highest BCUT2D eigenvalue weighted by atomic mass is 35.5. The summed E-state index contributed by atoms with van der Waals surface area (Å²) in [6, 6.07) is 9.45. The highest BCUT2D eigenvalue weighted by Crippen LogP contribution is 2.57. The zero-order valence-corrected chi connectivity index (χ0v) is 15.4. The third-order valence-corrected chi connectivity index (χ3v) is 5.99. The van der Waals surface area contributed by atoms with E-state index in [1.807, 2.05) is 30.3 Å². The second-order valence-electron chi connectivity index (χ2n) is 7.36. The summed E-state index contributed by atoms with van der Waals surface area (Å²) in [7, 11) is 0. The molecule has 5 nitrogen and oxygen atoms in total. The fraction of sp³-hybridized carbons (Fsp3) is 0.238. The number of halogens is 1. The molecule has 5 rings (SSSR count). The van der Waals surface area contributed by atoms with Gasteiger partial charge in [-0.3, -0.25) is 4.98 Å². The Morgan fingerprint density at radius 2 is 2.00 bits per heavy atom. The van der Waals surface area contributed by atoms with Gasteiger partial charge in [-0.2, -0.15) is 0 Å². The number of anilines is 2. The molecule has 1 spiro atoms. The molecule has 0 bridgehead atoms. The molecule has 27 heavy (non-hydrogen) atoms. The summed E-state index contributed by atoms with van der Waals surface area (Å²) < 4.78 is 0. The standard InChI is InChI=1S/C21H19ClN4O/c22-18-16(9-25-20-17(18)21(3-4-21)11-26-20)13-6-14(8-15(23)7-13)19-12(10-27)2-1-5-24-19/h1-2,5-9,27H,3-4,10-11,23H2,(H,25,26). The number of nitrogen functional groups attached to an aromatic ring is 1. The van der Waals surface area contributed by atoms with Gasteiger partial charge in [0.15, 0.2) is 0 Å². The van der Waals surface area contributed by atoms with Crippen LogP contribution >= 0.6 is 11.6 Å². The average Bonchev–Trinajstić information content (AvgIpc) is 3.36. The molecule has 1 aliphatic heterocycles. The first-order chi connectivity index (χ1) is 13.1. The normalized spacial score (nSPS) is 16.2. The Bertz CT molecular complexity index is 1060. The highest BCUT2D eigenvalue weighted by Gasteiger charge is 2.51. The maximum Gasteiger partial charge on any atom is 0.131 e. The summed E-state index contributed by atoms with van der Waals surface area (Å²) in [6.45, 7) is 0.830. The lowest BCUT2D eigenvalue weighted by atomic mass is 9.94. The Kier molecular flexibility index (Phi) is 3.64. The van der Waals surface area contributed by atoms with E-state index in [0.717, 1.165) is 63.7 Å². The lowest BCUT2D eigenvalue weighted by Gasteiger charge is -2.14. The van der Waals surface area contributed by atoms with Gasteiger partial charge in [0.05, 0.1) is 17.3 Å². The first-order valence-corrected chi connectivity index (χ1v) is 9.38. The molecule has 136 valence electrons. The van der Waals surface area contributed by atoms with E-state index in [2.05, 4.69) is 15.3 Å². The number of nitrogens with two attached hydrogens (primary N) is 1. The molecule has 0 saturated heterocycles. The molecule has 3 heterocycles. The summed E-state index contributed by atoms with van der Waals surface area (Å²) in [4.78, 5) is 9.04. The van der Waals surface area contributed by atoms with Crippen molar-refractivity contribution >= 4 is 23.1 Å². The largest absolute Gasteiger partial charge is 0.399 e. The second-order valence-corrected chi connectivity index (χ2v) is 7.73. The number of pyridine rings is 2. The summed E-state index contributed by atoms with van der Waals surface area (Å²) in [5.74, 6) is 0.901. The van der Waals surface area contributed by atoms with Crippen molar-refractivity contribution in [1.82, 2.24) is 9.97 Å². The maximum atomic E-state index is 9.64. The van der Waals surface area contributed by atoms with Crippen molar-refractivity contribution in [3.63, 3.8) is 0 Å². The smallest absolute Gasteiger partial charge is 0.131 e. The van der Waals surface area contributed by atoms with E-state index < -0.39 is 0 Å². The van der Waals surface area contributed by atoms with Gasteiger partial charge in [-0.1, -0.05) is 17.7 Å². The Labute approximate surface area is 162 Å². The molecule has 3 aromatic rings. The van der Waals surface area contributed by atoms with E-state index in [4.69, 9.17) is 17.3 Å². The molecular formula is C21H19ClN4O. The molecule has 6 heteroatoms. The van der Waals surface area contributed by atoms with Crippen LogP contribution in [0.2, 0.25) is 5.02 Å². The van der Waals surface area contributed by atoms with E-state index in [1.54, 1.807) is 12.4 Å². The Hall–Kier alpha value is -2.63. The minimum absolute atomic E-state index is 0.0807. The monoisotopic (exact) mass is 378 g/mol. The number of rotatable bonds is 3. The number of benzene rings is 1. The van der Waals surface area contributed by atoms with E-state index in [1.165, 1.54) is 0 Å². The molecule has 1 aromatic carbocycles. The first kappa shape index (κ1) is 16.5. The lowest BCUT2D eigenvalue weighted by Crippen LogP contribution is -2.08. The Morgan fingerprint density at radius 1 is 1.19 bits per heavy atom. The zero-order valence-electron chi connectivity index (χ0n) is 14.7. The summed E-state index contributed by atoms with van der Waals surface area (Å²) in [5, 5.41) is 13.8. The van der Waals surface area contributed by atoms with E-state index in [-0.39, 0.29) is 12.0 Å². The average molecular weight is 379 g/mol. The molecular weight excluding hydrogens is 360 g/mol. The number of nitrogens with zero attached hydrogens (tertiary/aromatic N) is 2. The minimum atomic E-state index is -0.0807. The summed E-state index contributed by atoms with van der Waals surface area (Å²) >= 11 is 6.85. The molecule has 2 aromatic heterocycles. The third kappa shape index (κ3) is 2.58. The Balaban J connectivity index is 1.66. The predicted octanol–water partition coefficient (Wildman–Crippen LogP) is 4.00. The number of hydrogen-bond donors (Lipinski definition) is 3. The van der Waals surface area contributed by atoms with Crippen LogP contribution in [0.3, 0.4) is 0 Å². The molecule has 4 N–H and O–H groups in total.